The number of carbonyl (C=O) groups excluding carboxylic acids is 1. The number of aryl methyl sites for hydroxylation is 1. The summed E-state index contributed by atoms with van der Waals surface area (Å²) >= 11 is 9.16. The number of carbonyl (C=O) groups is 1. The molecule has 0 bridgehead atoms. The van der Waals surface area contributed by atoms with E-state index in [9.17, 15) is 4.79 Å². The lowest BCUT2D eigenvalue weighted by Gasteiger charge is -2.20. The summed E-state index contributed by atoms with van der Waals surface area (Å²) < 4.78 is 0.976. The van der Waals surface area contributed by atoms with Crippen molar-refractivity contribution in [3.8, 4) is 0 Å². The number of fused-ring (bicyclic) bond motifs is 1. The first kappa shape index (κ1) is 20.0. The molecule has 6 heteroatoms. The summed E-state index contributed by atoms with van der Waals surface area (Å²) in [6, 6.07) is 23.8. The molecule has 1 amide bonds. The highest BCUT2D eigenvalue weighted by Gasteiger charge is 2.20. The molecule has 0 fully saturated rings. The summed E-state index contributed by atoms with van der Waals surface area (Å²) in [5.41, 5.74) is 3.13. The monoisotopic (exact) mass is 438 g/mol. The van der Waals surface area contributed by atoms with Crippen LogP contribution in [0.4, 0.5) is 5.13 Å². The van der Waals surface area contributed by atoms with Crippen LogP contribution in [-0.2, 0) is 11.3 Å². The highest BCUT2D eigenvalue weighted by molar-refractivity contribution is 8.00. The first-order valence-corrected chi connectivity index (χ1v) is 11.4. The summed E-state index contributed by atoms with van der Waals surface area (Å²) in [6.07, 6.45) is 0. The Morgan fingerprint density at radius 2 is 1.83 bits per heavy atom. The van der Waals surface area contributed by atoms with Gasteiger partial charge < -0.3 is 0 Å². The van der Waals surface area contributed by atoms with Crippen molar-refractivity contribution < 1.29 is 4.79 Å². The van der Waals surface area contributed by atoms with Gasteiger partial charge in [-0.1, -0.05) is 71.0 Å². The van der Waals surface area contributed by atoms with Gasteiger partial charge in [0.05, 0.1) is 22.5 Å². The number of thioether (sulfide) groups is 1. The average molecular weight is 439 g/mol. The SMILES string of the molecule is Cc1ccc(SCC(=O)N(Cc2ccccc2)c2nc3ccc(Cl)cc3s2)cc1. The van der Waals surface area contributed by atoms with Gasteiger partial charge >= 0.3 is 0 Å². The van der Waals surface area contributed by atoms with E-state index in [-0.39, 0.29) is 5.91 Å². The number of nitrogens with zero attached hydrogens (tertiary/aromatic N) is 2. The zero-order chi connectivity index (χ0) is 20.2. The summed E-state index contributed by atoms with van der Waals surface area (Å²) in [7, 11) is 0. The number of hydrogen-bond acceptors (Lipinski definition) is 4. The number of benzene rings is 3. The smallest absolute Gasteiger partial charge is 0.239 e. The summed E-state index contributed by atoms with van der Waals surface area (Å²) in [5.74, 6) is 0.386. The average Bonchev–Trinajstić information content (AvgIpc) is 3.15. The molecule has 0 aliphatic rings. The van der Waals surface area contributed by atoms with Crippen molar-refractivity contribution in [2.24, 2.45) is 0 Å². The first-order valence-electron chi connectivity index (χ1n) is 9.18. The van der Waals surface area contributed by atoms with Crippen LogP contribution in [-0.4, -0.2) is 16.6 Å². The zero-order valence-electron chi connectivity index (χ0n) is 15.8. The van der Waals surface area contributed by atoms with Crippen molar-refractivity contribution in [2.45, 2.75) is 18.4 Å². The Morgan fingerprint density at radius 3 is 2.59 bits per heavy atom. The van der Waals surface area contributed by atoms with Gasteiger partial charge in [-0.15, -0.1) is 11.8 Å². The molecule has 146 valence electrons. The number of amides is 1. The number of hydrogen-bond donors (Lipinski definition) is 0. The quantitative estimate of drug-likeness (QED) is 0.318. The normalized spacial score (nSPS) is 11.0. The number of anilines is 1. The van der Waals surface area contributed by atoms with Crippen LogP contribution in [0.5, 0.6) is 0 Å². The van der Waals surface area contributed by atoms with Gasteiger partial charge in [0.15, 0.2) is 5.13 Å². The molecule has 0 saturated carbocycles. The molecule has 1 heterocycles. The van der Waals surface area contributed by atoms with E-state index in [2.05, 4.69) is 31.2 Å². The van der Waals surface area contributed by atoms with Crippen molar-refractivity contribution in [2.75, 3.05) is 10.7 Å². The van der Waals surface area contributed by atoms with Gasteiger partial charge in [-0.05, 0) is 42.8 Å². The third-order valence-corrected chi connectivity index (χ3v) is 6.71. The van der Waals surface area contributed by atoms with Crippen molar-refractivity contribution in [1.29, 1.82) is 0 Å². The highest BCUT2D eigenvalue weighted by Crippen LogP contribution is 2.32. The molecule has 0 spiro atoms. The van der Waals surface area contributed by atoms with E-state index in [4.69, 9.17) is 16.6 Å². The van der Waals surface area contributed by atoms with Crippen molar-refractivity contribution >= 4 is 56.0 Å². The van der Waals surface area contributed by atoms with Gasteiger partial charge in [-0.3, -0.25) is 9.69 Å². The molecule has 4 rings (SSSR count). The molecule has 4 aromatic rings. The summed E-state index contributed by atoms with van der Waals surface area (Å²) in [5, 5.41) is 1.36. The van der Waals surface area contributed by atoms with Crippen molar-refractivity contribution in [3.63, 3.8) is 0 Å². The van der Waals surface area contributed by atoms with Gasteiger partial charge in [0, 0.05) is 9.92 Å². The van der Waals surface area contributed by atoms with Crippen LogP contribution in [0.2, 0.25) is 5.02 Å². The lowest BCUT2D eigenvalue weighted by molar-refractivity contribution is -0.116. The lowest BCUT2D eigenvalue weighted by atomic mass is 10.2. The Balaban J connectivity index is 1.59. The van der Waals surface area contributed by atoms with Crippen LogP contribution in [0.1, 0.15) is 11.1 Å². The fourth-order valence-corrected chi connectivity index (χ4v) is 4.92. The maximum atomic E-state index is 13.2. The minimum atomic E-state index is 0.0320. The molecular formula is C23H19ClN2OS2. The maximum absolute atomic E-state index is 13.2. The van der Waals surface area contributed by atoms with Crippen molar-refractivity contribution in [1.82, 2.24) is 4.98 Å². The second-order valence-corrected chi connectivity index (χ2v) is 9.17. The number of aromatic nitrogens is 1. The standard InChI is InChI=1S/C23H19ClN2OS2/c1-16-7-10-19(11-8-16)28-15-22(27)26(14-17-5-3-2-4-6-17)23-25-20-12-9-18(24)13-21(20)29-23/h2-13H,14-15H2,1H3. The highest BCUT2D eigenvalue weighted by atomic mass is 35.5. The summed E-state index contributed by atoms with van der Waals surface area (Å²) in [6.45, 7) is 2.54. The Labute approximate surface area is 183 Å². The molecule has 0 aliphatic heterocycles. The molecule has 0 aliphatic carbocycles. The third-order valence-electron chi connectivity index (χ3n) is 4.44. The van der Waals surface area contributed by atoms with E-state index in [0.717, 1.165) is 20.7 Å². The van der Waals surface area contributed by atoms with Gasteiger partial charge in [0.1, 0.15) is 0 Å². The molecule has 3 aromatic carbocycles. The summed E-state index contributed by atoms with van der Waals surface area (Å²) in [4.78, 5) is 20.7. The molecule has 1 aromatic heterocycles. The second kappa shape index (κ2) is 8.99. The fraction of sp³-hybridized carbons (Fsp3) is 0.130. The number of rotatable bonds is 6. The Hall–Kier alpha value is -2.34. The van der Waals surface area contributed by atoms with Gasteiger partial charge in [0.25, 0.3) is 0 Å². The molecular weight excluding hydrogens is 420 g/mol. The van der Waals surface area contributed by atoms with Gasteiger partial charge in [-0.25, -0.2) is 4.98 Å². The van der Waals surface area contributed by atoms with E-state index < -0.39 is 0 Å². The molecule has 0 N–H and O–H groups in total. The van der Waals surface area contributed by atoms with Crippen LogP contribution < -0.4 is 4.90 Å². The predicted molar refractivity (Wildman–Crippen MR) is 124 cm³/mol. The Morgan fingerprint density at radius 1 is 1.07 bits per heavy atom. The van der Waals surface area contributed by atoms with Gasteiger partial charge in [-0.2, -0.15) is 0 Å². The minimum Gasteiger partial charge on any atom is -0.283 e. The lowest BCUT2D eigenvalue weighted by Crippen LogP contribution is -2.31. The maximum Gasteiger partial charge on any atom is 0.239 e. The van der Waals surface area contributed by atoms with E-state index in [0.29, 0.717) is 22.5 Å². The van der Waals surface area contributed by atoms with E-state index in [1.807, 2.05) is 48.5 Å². The molecule has 29 heavy (non-hydrogen) atoms. The molecule has 0 unspecified atom stereocenters. The molecule has 0 saturated heterocycles. The Bertz CT molecular complexity index is 1130. The zero-order valence-corrected chi connectivity index (χ0v) is 18.2. The van der Waals surface area contributed by atoms with Crippen LogP contribution in [0.15, 0.2) is 77.7 Å². The number of thiazole rings is 1. The predicted octanol–water partition coefficient (Wildman–Crippen LogP) is 6.58. The Kier molecular flexibility index (Phi) is 6.19. The molecule has 3 nitrogen and oxygen atoms in total. The number of halogens is 1. The topological polar surface area (TPSA) is 33.2 Å². The van der Waals surface area contributed by atoms with Crippen LogP contribution >= 0.6 is 34.7 Å². The molecule has 0 atom stereocenters. The first-order chi connectivity index (χ1) is 14.1. The van der Waals surface area contributed by atoms with Crippen molar-refractivity contribution in [3.05, 3.63) is 88.9 Å². The van der Waals surface area contributed by atoms with Crippen LogP contribution in [0, 0.1) is 6.92 Å². The van der Waals surface area contributed by atoms with E-state index >= 15 is 0 Å². The minimum absolute atomic E-state index is 0.0320. The van der Waals surface area contributed by atoms with Crippen LogP contribution in [0.3, 0.4) is 0 Å². The van der Waals surface area contributed by atoms with Gasteiger partial charge in [0.2, 0.25) is 5.91 Å². The molecule has 0 radical (unpaired) electrons. The van der Waals surface area contributed by atoms with E-state index in [1.165, 1.54) is 16.9 Å². The fourth-order valence-electron chi connectivity index (χ4n) is 2.89. The van der Waals surface area contributed by atoms with E-state index in [1.54, 1.807) is 16.7 Å². The van der Waals surface area contributed by atoms with Crippen LogP contribution in [0.25, 0.3) is 10.2 Å². The third kappa shape index (κ3) is 4.99. The largest absolute Gasteiger partial charge is 0.283 e. The second-order valence-electron chi connectivity index (χ2n) is 6.68.